The maximum Gasteiger partial charge on any atom is 0.436 e. The van der Waals surface area contributed by atoms with E-state index in [0.29, 0.717) is 6.54 Å². The first-order valence-corrected chi connectivity index (χ1v) is 3.01. The van der Waals surface area contributed by atoms with Gasteiger partial charge in [-0.1, -0.05) is 5.21 Å². The van der Waals surface area contributed by atoms with Crippen LogP contribution in [0.2, 0.25) is 0 Å². The van der Waals surface area contributed by atoms with Crippen LogP contribution in [0.25, 0.3) is 0 Å². The molecule has 0 radical (unpaired) electrons. The molecule has 6 heteroatoms. The molecule has 0 amide bonds. The number of hydrogen-bond donors (Lipinski definition) is 0. The molecule has 0 fully saturated rings. The molecule has 0 aliphatic heterocycles. The highest BCUT2D eigenvalue weighted by molar-refractivity contribution is 4.97. The van der Waals surface area contributed by atoms with Crippen molar-refractivity contribution < 1.29 is 13.2 Å². The van der Waals surface area contributed by atoms with Crippen molar-refractivity contribution in [1.29, 1.82) is 0 Å². The average molecular weight is 165 g/mol. The summed E-state index contributed by atoms with van der Waals surface area (Å²) in [4.78, 5) is 0. The van der Waals surface area contributed by atoms with E-state index in [-0.39, 0.29) is 0 Å². The van der Waals surface area contributed by atoms with Gasteiger partial charge in [-0.3, -0.25) is 4.68 Å². The van der Waals surface area contributed by atoms with E-state index in [1.165, 1.54) is 0 Å². The van der Waals surface area contributed by atoms with E-state index in [2.05, 4.69) is 10.3 Å². The van der Waals surface area contributed by atoms with Crippen molar-refractivity contribution in [1.82, 2.24) is 15.0 Å². The lowest BCUT2D eigenvalue weighted by atomic mass is 10.5. The zero-order valence-electron chi connectivity index (χ0n) is 5.76. The second-order valence-corrected chi connectivity index (χ2v) is 1.96. The van der Waals surface area contributed by atoms with Crippen LogP contribution >= 0.6 is 0 Å². The topological polar surface area (TPSA) is 30.7 Å². The van der Waals surface area contributed by atoms with E-state index in [1.807, 2.05) is 0 Å². The van der Waals surface area contributed by atoms with Crippen molar-refractivity contribution in [3.05, 3.63) is 11.9 Å². The molecule has 1 aromatic heterocycles. The van der Waals surface area contributed by atoms with Gasteiger partial charge in [0.2, 0.25) is 0 Å². The summed E-state index contributed by atoms with van der Waals surface area (Å²) in [6, 6.07) is 0. The Labute approximate surface area is 60.8 Å². The van der Waals surface area contributed by atoms with Gasteiger partial charge in [0.1, 0.15) is 0 Å². The van der Waals surface area contributed by atoms with Gasteiger partial charge in [-0.05, 0) is 6.92 Å². The SMILES string of the molecule is CCn1cc(C(F)(F)F)nn1. The van der Waals surface area contributed by atoms with Crippen molar-refractivity contribution in [2.24, 2.45) is 0 Å². The van der Waals surface area contributed by atoms with Gasteiger partial charge in [-0.15, -0.1) is 5.10 Å². The van der Waals surface area contributed by atoms with Gasteiger partial charge < -0.3 is 0 Å². The third-order valence-corrected chi connectivity index (χ3v) is 1.15. The Morgan fingerprint density at radius 1 is 1.55 bits per heavy atom. The Morgan fingerprint density at radius 3 is 2.45 bits per heavy atom. The Kier molecular flexibility index (Phi) is 1.84. The van der Waals surface area contributed by atoms with Gasteiger partial charge in [0.05, 0.1) is 6.20 Å². The number of nitrogens with zero attached hydrogens (tertiary/aromatic N) is 3. The van der Waals surface area contributed by atoms with Crippen molar-refractivity contribution in [3.8, 4) is 0 Å². The molecule has 0 aromatic carbocycles. The van der Waals surface area contributed by atoms with Gasteiger partial charge in [0.25, 0.3) is 0 Å². The third-order valence-electron chi connectivity index (χ3n) is 1.15. The molecule has 0 N–H and O–H groups in total. The van der Waals surface area contributed by atoms with Gasteiger partial charge in [0.15, 0.2) is 5.69 Å². The molecule has 1 aromatic rings. The molecule has 0 aliphatic rings. The first kappa shape index (κ1) is 8.03. The molecule has 1 heterocycles. The molecule has 0 atom stereocenters. The van der Waals surface area contributed by atoms with Crippen LogP contribution in [0.3, 0.4) is 0 Å². The highest BCUT2D eigenvalue weighted by Gasteiger charge is 2.34. The molecule has 0 saturated heterocycles. The Balaban J connectivity index is 2.89. The molecule has 62 valence electrons. The zero-order valence-corrected chi connectivity index (χ0v) is 5.76. The molecule has 1 rings (SSSR count). The van der Waals surface area contributed by atoms with E-state index in [1.54, 1.807) is 6.92 Å². The number of hydrogen-bond acceptors (Lipinski definition) is 2. The lowest BCUT2D eigenvalue weighted by molar-refractivity contribution is -0.141. The number of aromatic nitrogens is 3. The fourth-order valence-electron chi connectivity index (χ4n) is 0.583. The van der Waals surface area contributed by atoms with E-state index in [4.69, 9.17) is 0 Å². The normalized spacial score (nSPS) is 12.0. The van der Waals surface area contributed by atoms with Crippen LogP contribution in [0.1, 0.15) is 12.6 Å². The first-order chi connectivity index (χ1) is 5.04. The first-order valence-electron chi connectivity index (χ1n) is 3.01. The van der Waals surface area contributed by atoms with Crippen LogP contribution < -0.4 is 0 Å². The lowest BCUT2D eigenvalue weighted by Crippen LogP contribution is -2.04. The summed E-state index contributed by atoms with van der Waals surface area (Å²) in [5.41, 5.74) is -0.945. The van der Waals surface area contributed by atoms with Crippen LogP contribution in [0, 0.1) is 0 Å². The van der Waals surface area contributed by atoms with Gasteiger partial charge in [-0.25, -0.2) is 0 Å². The lowest BCUT2D eigenvalue weighted by Gasteiger charge is -1.97. The molecular formula is C5H6F3N3. The minimum Gasteiger partial charge on any atom is -0.252 e. The fourth-order valence-corrected chi connectivity index (χ4v) is 0.583. The Bertz CT molecular complexity index is 239. The van der Waals surface area contributed by atoms with Crippen molar-refractivity contribution in [2.75, 3.05) is 0 Å². The standard InChI is InChI=1S/C5H6F3N3/c1-2-11-3-4(9-10-11)5(6,7)8/h3H,2H2,1H3. The van der Waals surface area contributed by atoms with E-state index in [0.717, 1.165) is 10.9 Å². The number of halogens is 3. The van der Waals surface area contributed by atoms with Crippen molar-refractivity contribution >= 4 is 0 Å². The molecule has 0 aliphatic carbocycles. The molecule has 0 unspecified atom stereocenters. The van der Waals surface area contributed by atoms with E-state index < -0.39 is 11.9 Å². The molecular weight excluding hydrogens is 159 g/mol. The summed E-state index contributed by atoms with van der Waals surface area (Å²) in [6.45, 7) is 2.08. The number of alkyl halides is 3. The van der Waals surface area contributed by atoms with Crippen LogP contribution in [-0.2, 0) is 12.7 Å². The van der Waals surface area contributed by atoms with E-state index in [9.17, 15) is 13.2 Å². The third kappa shape index (κ3) is 1.69. The molecule has 0 spiro atoms. The van der Waals surface area contributed by atoms with Crippen LogP contribution in [-0.4, -0.2) is 15.0 Å². The summed E-state index contributed by atoms with van der Waals surface area (Å²) in [7, 11) is 0. The molecule has 0 saturated carbocycles. The van der Waals surface area contributed by atoms with Crippen LogP contribution in [0.15, 0.2) is 6.20 Å². The van der Waals surface area contributed by atoms with Gasteiger partial charge in [0, 0.05) is 6.54 Å². The minimum absolute atomic E-state index is 0.392. The van der Waals surface area contributed by atoms with Crippen molar-refractivity contribution in [2.45, 2.75) is 19.6 Å². The van der Waals surface area contributed by atoms with Crippen LogP contribution in [0.5, 0.6) is 0 Å². The zero-order chi connectivity index (χ0) is 8.48. The number of aryl methyl sites for hydroxylation is 1. The smallest absolute Gasteiger partial charge is 0.252 e. The summed E-state index contributed by atoms with van der Waals surface area (Å²) in [5.74, 6) is 0. The monoisotopic (exact) mass is 165 g/mol. The molecule has 11 heavy (non-hydrogen) atoms. The predicted molar refractivity (Wildman–Crippen MR) is 30.7 cm³/mol. The predicted octanol–water partition coefficient (Wildman–Crippen LogP) is 1.32. The second kappa shape index (κ2) is 2.52. The summed E-state index contributed by atoms with van der Waals surface area (Å²) in [6.07, 6.45) is -3.51. The maximum absolute atomic E-state index is 11.8. The van der Waals surface area contributed by atoms with Crippen molar-refractivity contribution in [3.63, 3.8) is 0 Å². The average Bonchev–Trinajstić information content (AvgIpc) is 2.32. The molecule has 0 bridgehead atoms. The summed E-state index contributed by atoms with van der Waals surface area (Å²) in [5, 5.41) is 6.19. The summed E-state index contributed by atoms with van der Waals surface area (Å²) < 4.78 is 36.6. The summed E-state index contributed by atoms with van der Waals surface area (Å²) >= 11 is 0. The Hall–Kier alpha value is -1.07. The number of rotatable bonds is 1. The minimum atomic E-state index is -4.38. The van der Waals surface area contributed by atoms with Crippen LogP contribution in [0.4, 0.5) is 13.2 Å². The Morgan fingerprint density at radius 2 is 2.18 bits per heavy atom. The fraction of sp³-hybridized carbons (Fsp3) is 0.600. The molecule has 3 nitrogen and oxygen atoms in total. The second-order valence-electron chi connectivity index (χ2n) is 1.96. The maximum atomic E-state index is 11.8. The quantitative estimate of drug-likeness (QED) is 0.628. The largest absolute Gasteiger partial charge is 0.436 e. The van der Waals surface area contributed by atoms with E-state index >= 15 is 0 Å². The van der Waals surface area contributed by atoms with Gasteiger partial charge in [-0.2, -0.15) is 13.2 Å². The highest BCUT2D eigenvalue weighted by Crippen LogP contribution is 2.26. The highest BCUT2D eigenvalue weighted by atomic mass is 19.4. The van der Waals surface area contributed by atoms with Gasteiger partial charge >= 0.3 is 6.18 Å².